The molecule has 0 aliphatic heterocycles. The average Bonchev–Trinajstić information content (AvgIpc) is 2.85. The lowest BCUT2D eigenvalue weighted by Gasteiger charge is -2.09. The van der Waals surface area contributed by atoms with Crippen molar-refractivity contribution in [1.29, 1.82) is 0 Å². The van der Waals surface area contributed by atoms with Crippen LogP contribution in [0, 0.1) is 26.2 Å². The molecular weight excluding hydrogens is 298 g/mol. The molecule has 0 saturated carbocycles. The first-order valence-electron chi connectivity index (χ1n) is 7.82. The van der Waals surface area contributed by atoms with Crippen molar-refractivity contribution in [3.05, 3.63) is 59.3 Å². The highest BCUT2D eigenvalue weighted by Gasteiger charge is 2.18. The summed E-state index contributed by atoms with van der Waals surface area (Å²) in [5.74, 6) is 3.16. The minimum absolute atomic E-state index is 0.0393. The number of hydrogen-bond donors (Lipinski definition) is 0. The Balaban J connectivity index is 2.26. The third kappa shape index (κ3) is 2.68. The van der Waals surface area contributed by atoms with Gasteiger partial charge in [0.25, 0.3) is 0 Å². The Morgan fingerprint density at radius 3 is 2.50 bits per heavy atom. The number of nitrogens with zero attached hydrogens (tertiary/aromatic N) is 1. The van der Waals surface area contributed by atoms with Gasteiger partial charge in [0.1, 0.15) is 12.4 Å². The summed E-state index contributed by atoms with van der Waals surface area (Å²) in [6.07, 6.45) is 5.25. The number of benzene rings is 2. The summed E-state index contributed by atoms with van der Waals surface area (Å²) in [7, 11) is 0. The molecular formula is C21H19NO2. The van der Waals surface area contributed by atoms with E-state index in [0.717, 1.165) is 27.8 Å². The Kier molecular flexibility index (Phi) is 4.14. The second-order valence-electron chi connectivity index (χ2n) is 5.86. The highest BCUT2D eigenvalue weighted by atomic mass is 16.5. The van der Waals surface area contributed by atoms with Crippen LogP contribution in [0.5, 0.6) is 5.75 Å². The van der Waals surface area contributed by atoms with E-state index in [4.69, 9.17) is 11.2 Å². The van der Waals surface area contributed by atoms with Gasteiger partial charge in [-0.15, -0.1) is 6.42 Å². The van der Waals surface area contributed by atoms with Gasteiger partial charge in [0.05, 0.1) is 5.52 Å². The van der Waals surface area contributed by atoms with Gasteiger partial charge in [0.2, 0.25) is 0 Å². The van der Waals surface area contributed by atoms with Gasteiger partial charge in [0.15, 0.2) is 5.78 Å². The molecule has 0 unspecified atom stereocenters. The SMILES string of the molecule is C#CCOc1ccc2c(c1)c(C(C)=O)c(C)n2-c1ccc(C)cc1. The number of Topliss-reactive ketones (excluding diaryl/α,β-unsaturated/α-hetero) is 1. The predicted molar refractivity (Wildman–Crippen MR) is 97.1 cm³/mol. The van der Waals surface area contributed by atoms with Crippen LogP contribution >= 0.6 is 0 Å². The lowest BCUT2D eigenvalue weighted by atomic mass is 10.1. The number of aryl methyl sites for hydroxylation is 1. The van der Waals surface area contributed by atoms with Gasteiger partial charge in [0, 0.05) is 22.3 Å². The van der Waals surface area contributed by atoms with E-state index in [9.17, 15) is 4.79 Å². The Hall–Kier alpha value is -2.99. The van der Waals surface area contributed by atoms with Crippen LogP contribution in [0.4, 0.5) is 0 Å². The minimum atomic E-state index is 0.0393. The van der Waals surface area contributed by atoms with Crippen LogP contribution < -0.4 is 4.74 Å². The van der Waals surface area contributed by atoms with E-state index in [2.05, 4.69) is 41.7 Å². The first-order valence-corrected chi connectivity index (χ1v) is 7.82. The van der Waals surface area contributed by atoms with Crippen LogP contribution in [0.25, 0.3) is 16.6 Å². The van der Waals surface area contributed by atoms with Crippen molar-refractivity contribution >= 4 is 16.7 Å². The average molecular weight is 317 g/mol. The smallest absolute Gasteiger partial charge is 0.162 e. The number of carbonyl (C=O) groups is 1. The van der Waals surface area contributed by atoms with Crippen molar-refractivity contribution in [2.45, 2.75) is 20.8 Å². The molecule has 2 aromatic carbocycles. The normalized spacial score (nSPS) is 10.6. The second kappa shape index (κ2) is 6.25. The zero-order chi connectivity index (χ0) is 17.3. The van der Waals surface area contributed by atoms with Crippen LogP contribution in [-0.2, 0) is 0 Å². The Bertz CT molecular complexity index is 956. The van der Waals surface area contributed by atoms with Crippen LogP contribution in [-0.4, -0.2) is 17.0 Å². The zero-order valence-electron chi connectivity index (χ0n) is 14.1. The predicted octanol–water partition coefficient (Wildman–Crippen LogP) is 4.46. The molecule has 0 saturated heterocycles. The molecule has 0 radical (unpaired) electrons. The fraction of sp³-hybridized carbons (Fsp3) is 0.190. The molecule has 0 fully saturated rings. The summed E-state index contributed by atoms with van der Waals surface area (Å²) >= 11 is 0. The van der Waals surface area contributed by atoms with Crippen LogP contribution in [0.1, 0.15) is 28.5 Å². The van der Waals surface area contributed by atoms with E-state index in [1.54, 1.807) is 6.92 Å². The zero-order valence-corrected chi connectivity index (χ0v) is 14.1. The van der Waals surface area contributed by atoms with Crippen LogP contribution in [0.2, 0.25) is 0 Å². The molecule has 0 N–H and O–H groups in total. The van der Waals surface area contributed by atoms with Crippen molar-refractivity contribution in [3.63, 3.8) is 0 Å². The van der Waals surface area contributed by atoms with Gasteiger partial charge < -0.3 is 9.30 Å². The summed E-state index contributed by atoms with van der Waals surface area (Å²) in [5.41, 5.74) is 4.86. The molecule has 0 aliphatic carbocycles. The van der Waals surface area contributed by atoms with E-state index in [-0.39, 0.29) is 12.4 Å². The maximum atomic E-state index is 12.2. The molecule has 1 aromatic heterocycles. The van der Waals surface area contributed by atoms with Crippen molar-refractivity contribution in [1.82, 2.24) is 4.57 Å². The molecule has 0 spiro atoms. The topological polar surface area (TPSA) is 31.2 Å². The second-order valence-corrected chi connectivity index (χ2v) is 5.86. The third-order valence-corrected chi connectivity index (χ3v) is 4.14. The summed E-state index contributed by atoms with van der Waals surface area (Å²) in [6.45, 7) is 5.83. The van der Waals surface area contributed by atoms with Gasteiger partial charge in [-0.25, -0.2) is 0 Å². The highest BCUT2D eigenvalue weighted by molar-refractivity contribution is 6.09. The molecule has 0 bridgehead atoms. The summed E-state index contributed by atoms with van der Waals surface area (Å²) in [4.78, 5) is 12.2. The molecule has 0 aliphatic rings. The summed E-state index contributed by atoms with van der Waals surface area (Å²) in [5, 5.41) is 0.884. The molecule has 3 rings (SSSR count). The van der Waals surface area contributed by atoms with Crippen molar-refractivity contribution in [2.75, 3.05) is 6.61 Å². The minimum Gasteiger partial charge on any atom is -0.481 e. The largest absolute Gasteiger partial charge is 0.481 e. The summed E-state index contributed by atoms with van der Waals surface area (Å²) in [6, 6.07) is 14.0. The Morgan fingerprint density at radius 1 is 1.17 bits per heavy atom. The number of aromatic nitrogens is 1. The maximum Gasteiger partial charge on any atom is 0.162 e. The van der Waals surface area contributed by atoms with Crippen molar-refractivity contribution in [2.24, 2.45) is 0 Å². The van der Waals surface area contributed by atoms with Crippen LogP contribution in [0.3, 0.4) is 0 Å². The van der Waals surface area contributed by atoms with Crippen molar-refractivity contribution in [3.8, 4) is 23.8 Å². The van der Waals surface area contributed by atoms with E-state index < -0.39 is 0 Å². The van der Waals surface area contributed by atoms with Gasteiger partial charge in [-0.2, -0.15) is 0 Å². The molecule has 0 atom stereocenters. The first kappa shape index (κ1) is 15.9. The molecule has 1 heterocycles. The fourth-order valence-electron chi connectivity index (χ4n) is 3.08. The number of terminal acetylenes is 1. The Morgan fingerprint density at radius 2 is 1.88 bits per heavy atom. The van der Waals surface area contributed by atoms with Gasteiger partial charge >= 0.3 is 0 Å². The highest BCUT2D eigenvalue weighted by Crippen LogP contribution is 2.32. The number of fused-ring (bicyclic) bond motifs is 1. The molecule has 0 amide bonds. The van der Waals surface area contributed by atoms with E-state index >= 15 is 0 Å². The van der Waals surface area contributed by atoms with Gasteiger partial charge in [-0.1, -0.05) is 23.6 Å². The third-order valence-electron chi connectivity index (χ3n) is 4.14. The standard InChI is InChI=1S/C21H19NO2/c1-5-12-24-18-10-11-20-19(13-18)21(16(4)23)15(3)22(20)17-8-6-14(2)7-9-17/h1,6-11,13H,12H2,2-4H3. The van der Waals surface area contributed by atoms with E-state index in [1.807, 2.05) is 25.1 Å². The number of hydrogen-bond acceptors (Lipinski definition) is 2. The number of ether oxygens (including phenoxy) is 1. The van der Waals surface area contributed by atoms with Gasteiger partial charge in [-0.05, 0) is 51.1 Å². The lowest BCUT2D eigenvalue weighted by molar-refractivity contribution is 0.101. The molecule has 3 heteroatoms. The number of ketones is 1. The molecule has 3 nitrogen and oxygen atoms in total. The molecule has 3 aromatic rings. The molecule has 120 valence electrons. The lowest BCUT2D eigenvalue weighted by Crippen LogP contribution is -1.99. The van der Waals surface area contributed by atoms with E-state index in [1.165, 1.54) is 5.56 Å². The van der Waals surface area contributed by atoms with Crippen LogP contribution in [0.15, 0.2) is 42.5 Å². The first-order chi connectivity index (χ1) is 11.5. The van der Waals surface area contributed by atoms with Gasteiger partial charge in [-0.3, -0.25) is 4.79 Å². The summed E-state index contributed by atoms with van der Waals surface area (Å²) < 4.78 is 7.62. The maximum absolute atomic E-state index is 12.2. The van der Waals surface area contributed by atoms with E-state index in [0.29, 0.717) is 5.75 Å². The number of rotatable bonds is 4. The quantitative estimate of drug-likeness (QED) is 0.525. The van der Waals surface area contributed by atoms with Crippen molar-refractivity contribution < 1.29 is 9.53 Å². The fourth-order valence-corrected chi connectivity index (χ4v) is 3.08. The Labute approximate surface area is 141 Å². The number of carbonyl (C=O) groups excluding carboxylic acids is 1. The molecule has 24 heavy (non-hydrogen) atoms. The monoisotopic (exact) mass is 317 g/mol.